The second-order valence-electron chi connectivity index (χ2n) is 4.49. The van der Waals surface area contributed by atoms with Crippen LogP contribution in [0.15, 0.2) is 0 Å². The summed E-state index contributed by atoms with van der Waals surface area (Å²) >= 11 is 5.17. The van der Waals surface area contributed by atoms with Crippen molar-refractivity contribution in [3.8, 4) is 0 Å². The minimum atomic E-state index is -4.46. The number of rotatable bonds is 3. The zero-order valence-electron chi connectivity index (χ0n) is 8.31. The molecule has 15 heavy (non-hydrogen) atoms. The number of alkyl halides is 4. The smallest absolute Gasteiger partial charge is 0.404 e. The molecule has 0 aromatic carbocycles. The van der Waals surface area contributed by atoms with Crippen LogP contribution in [0.4, 0.5) is 13.2 Å². The third-order valence-electron chi connectivity index (χ3n) is 3.13. The highest BCUT2D eigenvalue weighted by Gasteiger charge is 2.63. The second-order valence-corrected chi connectivity index (χ2v) is 5.02. The van der Waals surface area contributed by atoms with E-state index in [0.29, 0.717) is 0 Å². The van der Waals surface area contributed by atoms with E-state index in [1.54, 1.807) is 13.8 Å². The molecule has 1 aliphatic rings. The molecule has 0 bridgehead atoms. The quantitative estimate of drug-likeness (QED) is 0.775. The van der Waals surface area contributed by atoms with Gasteiger partial charge in [-0.2, -0.15) is 13.2 Å². The monoisotopic (exact) mass is 244 g/mol. The number of hydrogen-bond acceptors (Lipinski definition) is 1. The van der Waals surface area contributed by atoms with E-state index in [-0.39, 0.29) is 6.42 Å². The van der Waals surface area contributed by atoms with Crippen molar-refractivity contribution in [1.29, 1.82) is 0 Å². The predicted molar refractivity (Wildman–Crippen MR) is 48.7 cm³/mol. The first-order chi connectivity index (χ1) is 6.58. The fourth-order valence-corrected chi connectivity index (χ4v) is 2.22. The second kappa shape index (κ2) is 3.54. The lowest BCUT2D eigenvalue weighted by Gasteiger charge is -2.13. The standard InChI is InChI=1S/C9H12ClF3O2/c1-8(2)4(6(8)7(14)15)3-5(10)9(11,12)13/h4-6H,3H2,1-2H3,(H,14,15)/t4-,5?,6-/m1/s1. The fourth-order valence-electron chi connectivity index (χ4n) is 2.03. The van der Waals surface area contributed by atoms with Crippen molar-refractivity contribution in [3.63, 3.8) is 0 Å². The molecule has 1 rings (SSSR count). The highest BCUT2D eigenvalue weighted by atomic mass is 35.5. The van der Waals surface area contributed by atoms with Crippen LogP contribution in [-0.4, -0.2) is 22.6 Å². The number of halogens is 4. The van der Waals surface area contributed by atoms with Gasteiger partial charge in [0.2, 0.25) is 0 Å². The van der Waals surface area contributed by atoms with Crippen LogP contribution in [0.25, 0.3) is 0 Å². The first-order valence-electron chi connectivity index (χ1n) is 4.52. The van der Waals surface area contributed by atoms with Gasteiger partial charge in [-0.3, -0.25) is 4.79 Å². The molecule has 0 aromatic heterocycles. The summed E-state index contributed by atoms with van der Waals surface area (Å²) in [6, 6.07) is 0. The molecule has 0 amide bonds. The summed E-state index contributed by atoms with van der Waals surface area (Å²) in [6.45, 7) is 3.30. The molecule has 1 aliphatic carbocycles. The molecule has 3 atom stereocenters. The van der Waals surface area contributed by atoms with Crippen molar-refractivity contribution < 1.29 is 23.1 Å². The summed E-state index contributed by atoms with van der Waals surface area (Å²) < 4.78 is 36.4. The molecule has 1 saturated carbocycles. The van der Waals surface area contributed by atoms with Gasteiger partial charge in [-0.05, 0) is 17.8 Å². The SMILES string of the molecule is CC1(C)[C@H](CC(Cl)C(F)(F)F)[C@@H]1C(=O)O. The summed E-state index contributed by atoms with van der Waals surface area (Å²) in [6.07, 6.45) is -4.78. The largest absolute Gasteiger partial charge is 0.481 e. The molecule has 0 heterocycles. The lowest BCUT2D eigenvalue weighted by Crippen LogP contribution is -2.24. The lowest BCUT2D eigenvalue weighted by atomic mass is 10.1. The van der Waals surface area contributed by atoms with Crippen LogP contribution in [0.2, 0.25) is 0 Å². The Morgan fingerprint density at radius 1 is 1.53 bits per heavy atom. The van der Waals surface area contributed by atoms with Crippen LogP contribution in [-0.2, 0) is 4.79 Å². The maximum atomic E-state index is 12.1. The average molecular weight is 245 g/mol. The van der Waals surface area contributed by atoms with E-state index in [4.69, 9.17) is 16.7 Å². The van der Waals surface area contributed by atoms with Gasteiger partial charge in [0.1, 0.15) is 5.38 Å². The van der Waals surface area contributed by atoms with Gasteiger partial charge in [0.25, 0.3) is 0 Å². The van der Waals surface area contributed by atoms with E-state index in [1.807, 2.05) is 0 Å². The van der Waals surface area contributed by atoms with Crippen molar-refractivity contribution in [2.75, 3.05) is 0 Å². The topological polar surface area (TPSA) is 37.3 Å². The molecule has 0 radical (unpaired) electrons. The van der Waals surface area contributed by atoms with Gasteiger partial charge in [0.15, 0.2) is 0 Å². The van der Waals surface area contributed by atoms with Crippen LogP contribution in [0, 0.1) is 17.3 Å². The predicted octanol–water partition coefficient (Wildman–Crippen LogP) is 2.90. The van der Waals surface area contributed by atoms with Gasteiger partial charge in [-0.25, -0.2) is 0 Å². The van der Waals surface area contributed by atoms with Crippen LogP contribution >= 0.6 is 11.6 Å². The van der Waals surface area contributed by atoms with Crippen molar-refractivity contribution in [1.82, 2.24) is 0 Å². The number of carboxylic acid groups (broad SMARTS) is 1. The minimum absolute atomic E-state index is 0.324. The van der Waals surface area contributed by atoms with Gasteiger partial charge in [-0.15, -0.1) is 11.6 Å². The molecule has 2 nitrogen and oxygen atoms in total. The summed E-state index contributed by atoms with van der Waals surface area (Å²) in [5.41, 5.74) is -0.579. The van der Waals surface area contributed by atoms with E-state index in [9.17, 15) is 18.0 Å². The van der Waals surface area contributed by atoms with Gasteiger partial charge in [0.05, 0.1) is 5.92 Å². The number of aliphatic carboxylic acids is 1. The van der Waals surface area contributed by atoms with Gasteiger partial charge < -0.3 is 5.11 Å². The fraction of sp³-hybridized carbons (Fsp3) is 0.889. The molecule has 0 aliphatic heterocycles. The van der Waals surface area contributed by atoms with Gasteiger partial charge in [0, 0.05) is 0 Å². The summed E-state index contributed by atoms with van der Waals surface area (Å²) in [5, 5.41) is 6.80. The lowest BCUT2D eigenvalue weighted by molar-refractivity contribution is -0.141. The van der Waals surface area contributed by atoms with Crippen LogP contribution < -0.4 is 0 Å². The van der Waals surface area contributed by atoms with Crippen LogP contribution in [0.5, 0.6) is 0 Å². The summed E-state index contributed by atoms with van der Waals surface area (Å²) in [4.78, 5) is 10.7. The van der Waals surface area contributed by atoms with Gasteiger partial charge in [-0.1, -0.05) is 13.8 Å². The van der Waals surface area contributed by atoms with Gasteiger partial charge >= 0.3 is 12.1 Å². The first kappa shape index (κ1) is 12.6. The maximum Gasteiger partial charge on any atom is 0.404 e. The first-order valence-corrected chi connectivity index (χ1v) is 4.95. The highest BCUT2D eigenvalue weighted by molar-refractivity contribution is 6.21. The van der Waals surface area contributed by atoms with E-state index in [2.05, 4.69) is 0 Å². The van der Waals surface area contributed by atoms with Crippen molar-refractivity contribution in [2.45, 2.75) is 31.8 Å². The molecular formula is C9H12ClF3O2. The number of carboxylic acids is 1. The van der Waals surface area contributed by atoms with Crippen LogP contribution in [0.1, 0.15) is 20.3 Å². The number of hydrogen-bond donors (Lipinski definition) is 1. The van der Waals surface area contributed by atoms with Crippen LogP contribution in [0.3, 0.4) is 0 Å². The Labute approximate surface area is 90.4 Å². The molecule has 88 valence electrons. The summed E-state index contributed by atoms with van der Waals surface area (Å²) in [7, 11) is 0. The van der Waals surface area contributed by atoms with Crippen molar-refractivity contribution in [3.05, 3.63) is 0 Å². The molecule has 6 heteroatoms. The van der Waals surface area contributed by atoms with E-state index < -0.39 is 34.8 Å². The normalized spacial score (nSPS) is 31.1. The van der Waals surface area contributed by atoms with Crippen molar-refractivity contribution >= 4 is 17.6 Å². The Balaban J connectivity index is 2.59. The Bertz CT molecular complexity index is 275. The molecule has 0 aromatic rings. The zero-order chi connectivity index (χ0) is 12.0. The molecule has 1 fully saturated rings. The van der Waals surface area contributed by atoms with Crippen molar-refractivity contribution in [2.24, 2.45) is 17.3 Å². The molecule has 1 unspecified atom stereocenters. The highest BCUT2D eigenvalue weighted by Crippen LogP contribution is 2.61. The Morgan fingerprint density at radius 3 is 2.27 bits per heavy atom. The van der Waals surface area contributed by atoms with E-state index in [0.717, 1.165) is 0 Å². The van der Waals surface area contributed by atoms with E-state index in [1.165, 1.54) is 0 Å². The maximum absolute atomic E-state index is 12.1. The summed E-state index contributed by atoms with van der Waals surface area (Å²) in [5.74, 6) is -2.24. The molecule has 1 N–H and O–H groups in total. The van der Waals surface area contributed by atoms with E-state index >= 15 is 0 Å². The number of carbonyl (C=O) groups is 1. The third-order valence-corrected chi connectivity index (χ3v) is 3.56. The minimum Gasteiger partial charge on any atom is -0.481 e. The Kier molecular flexibility index (Phi) is 2.98. The molecular weight excluding hydrogens is 233 g/mol. The third kappa shape index (κ3) is 2.38. The average Bonchev–Trinajstić information content (AvgIpc) is 2.50. The molecule has 0 saturated heterocycles. The zero-order valence-corrected chi connectivity index (χ0v) is 9.06. The Morgan fingerprint density at radius 2 is 2.00 bits per heavy atom. The Hall–Kier alpha value is -0.450. The molecule has 0 spiro atoms.